The molecule has 3 aromatic rings. The molecule has 166 valence electrons. The third kappa shape index (κ3) is 6.25. The first-order chi connectivity index (χ1) is 15.5. The van der Waals surface area contributed by atoms with Crippen LogP contribution in [0.15, 0.2) is 66.7 Å². The van der Waals surface area contributed by atoms with Crippen LogP contribution in [0.5, 0.6) is 11.5 Å². The molecule has 0 aliphatic heterocycles. The van der Waals surface area contributed by atoms with Crippen LogP contribution < -0.4 is 20.1 Å². The van der Waals surface area contributed by atoms with E-state index in [0.717, 1.165) is 5.56 Å². The molecule has 2 amide bonds. The third-order valence-electron chi connectivity index (χ3n) is 4.52. The number of amides is 2. The summed E-state index contributed by atoms with van der Waals surface area (Å²) in [5.41, 5.74) is 2.28. The number of ether oxygens (including phenoxy) is 2. The first-order valence-corrected chi connectivity index (χ1v) is 10.7. The summed E-state index contributed by atoms with van der Waals surface area (Å²) in [7, 11) is 0. The van der Waals surface area contributed by atoms with Gasteiger partial charge in [-0.05, 0) is 43.7 Å². The van der Waals surface area contributed by atoms with Crippen molar-refractivity contribution in [3.8, 4) is 11.5 Å². The number of hydrogen-bond acceptors (Lipinski definition) is 4. The number of halogens is 1. The first-order valence-electron chi connectivity index (χ1n) is 10.3. The SMILES string of the molecule is CCOc1cc(NC(=O)c2ccccc2)c(OCC)cc1NC(=O)Cc1ccc(Cl)cc1. The lowest BCUT2D eigenvalue weighted by Gasteiger charge is -2.18. The molecule has 0 saturated heterocycles. The predicted molar refractivity (Wildman–Crippen MR) is 127 cm³/mol. The van der Waals surface area contributed by atoms with Gasteiger partial charge in [-0.3, -0.25) is 9.59 Å². The van der Waals surface area contributed by atoms with Gasteiger partial charge < -0.3 is 20.1 Å². The van der Waals surface area contributed by atoms with Crippen molar-refractivity contribution in [2.24, 2.45) is 0 Å². The summed E-state index contributed by atoms with van der Waals surface area (Å²) in [5, 5.41) is 6.36. The zero-order valence-electron chi connectivity index (χ0n) is 18.0. The van der Waals surface area contributed by atoms with E-state index in [-0.39, 0.29) is 18.2 Å². The molecule has 0 radical (unpaired) electrons. The van der Waals surface area contributed by atoms with Gasteiger partial charge in [-0.15, -0.1) is 0 Å². The average molecular weight is 453 g/mol. The van der Waals surface area contributed by atoms with Gasteiger partial charge in [0.1, 0.15) is 11.5 Å². The molecule has 0 saturated carbocycles. The van der Waals surface area contributed by atoms with Crippen LogP contribution >= 0.6 is 11.6 Å². The molecule has 0 heterocycles. The summed E-state index contributed by atoms with van der Waals surface area (Å²) in [5.74, 6) is 0.385. The highest BCUT2D eigenvalue weighted by molar-refractivity contribution is 6.30. The van der Waals surface area contributed by atoms with Gasteiger partial charge in [0, 0.05) is 22.7 Å². The van der Waals surface area contributed by atoms with Gasteiger partial charge in [-0.1, -0.05) is 41.9 Å². The zero-order valence-corrected chi connectivity index (χ0v) is 18.7. The second kappa shape index (κ2) is 11.2. The Kier molecular flexibility index (Phi) is 8.11. The van der Waals surface area contributed by atoms with E-state index in [1.54, 1.807) is 60.7 Å². The Hall–Kier alpha value is -3.51. The molecule has 0 unspecified atom stereocenters. The third-order valence-corrected chi connectivity index (χ3v) is 4.77. The number of hydrogen-bond donors (Lipinski definition) is 2. The summed E-state index contributed by atoms with van der Waals surface area (Å²) in [6.07, 6.45) is 0.180. The monoisotopic (exact) mass is 452 g/mol. The number of benzene rings is 3. The summed E-state index contributed by atoms with van der Waals surface area (Å²) in [6, 6.07) is 19.3. The summed E-state index contributed by atoms with van der Waals surface area (Å²) in [4.78, 5) is 25.3. The van der Waals surface area contributed by atoms with Gasteiger partial charge in [0.2, 0.25) is 5.91 Å². The minimum absolute atomic E-state index is 0.180. The van der Waals surface area contributed by atoms with Crippen molar-refractivity contribution in [1.29, 1.82) is 0 Å². The summed E-state index contributed by atoms with van der Waals surface area (Å²) in [6.45, 7) is 4.47. The fraction of sp³-hybridized carbons (Fsp3) is 0.200. The lowest BCUT2D eigenvalue weighted by Crippen LogP contribution is -2.17. The minimum Gasteiger partial charge on any atom is -0.492 e. The molecule has 0 aliphatic rings. The molecule has 0 atom stereocenters. The van der Waals surface area contributed by atoms with Gasteiger partial charge in [-0.2, -0.15) is 0 Å². The normalized spacial score (nSPS) is 10.3. The molecule has 0 spiro atoms. The van der Waals surface area contributed by atoms with Crippen LogP contribution in [0, 0.1) is 0 Å². The standard InChI is InChI=1S/C25H25ClN2O4/c1-3-31-22-16-21(28-25(30)18-8-6-5-7-9-18)23(32-4-2)15-20(22)27-24(29)14-17-10-12-19(26)13-11-17/h5-13,15-16H,3-4,14H2,1-2H3,(H,27,29)(H,28,30). The smallest absolute Gasteiger partial charge is 0.255 e. The van der Waals surface area contributed by atoms with Crippen LogP contribution in [0.1, 0.15) is 29.8 Å². The molecule has 6 nitrogen and oxygen atoms in total. The fourth-order valence-corrected chi connectivity index (χ4v) is 3.20. The summed E-state index contributed by atoms with van der Waals surface area (Å²) >= 11 is 5.91. The number of rotatable bonds is 9. The molecule has 2 N–H and O–H groups in total. The van der Waals surface area contributed by atoms with Crippen molar-refractivity contribution in [2.45, 2.75) is 20.3 Å². The van der Waals surface area contributed by atoms with Gasteiger partial charge >= 0.3 is 0 Å². The molecule has 0 aliphatic carbocycles. The molecular weight excluding hydrogens is 428 g/mol. The van der Waals surface area contributed by atoms with Gasteiger partial charge in [0.05, 0.1) is 31.0 Å². The summed E-state index contributed by atoms with van der Waals surface area (Å²) < 4.78 is 11.5. The Bertz CT molecular complexity index is 1070. The highest BCUT2D eigenvalue weighted by atomic mass is 35.5. The molecule has 32 heavy (non-hydrogen) atoms. The zero-order chi connectivity index (χ0) is 22.9. The Balaban J connectivity index is 1.85. The molecule has 0 bridgehead atoms. The maximum atomic E-state index is 12.6. The average Bonchev–Trinajstić information content (AvgIpc) is 2.79. The topological polar surface area (TPSA) is 76.7 Å². The predicted octanol–water partition coefficient (Wildman–Crippen LogP) is 5.57. The second-order valence-electron chi connectivity index (χ2n) is 6.88. The van der Waals surface area contributed by atoms with Crippen LogP contribution in [0.2, 0.25) is 5.02 Å². The van der Waals surface area contributed by atoms with Crippen LogP contribution in [0.4, 0.5) is 11.4 Å². The van der Waals surface area contributed by atoms with Crippen molar-refractivity contribution in [3.63, 3.8) is 0 Å². The van der Waals surface area contributed by atoms with Crippen LogP contribution in [-0.4, -0.2) is 25.0 Å². The molecule has 3 aromatic carbocycles. The highest BCUT2D eigenvalue weighted by Crippen LogP contribution is 2.37. The Morgan fingerprint density at radius 1 is 0.812 bits per heavy atom. The van der Waals surface area contributed by atoms with E-state index < -0.39 is 0 Å². The minimum atomic E-state index is -0.270. The number of anilines is 2. The van der Waals surface area contributed by atoms with Crippen molar-refractivity contribution >= 4 is 34.8 Å². The lowest BCUT2D eigenvalue weighted by atomic mass is 10.1. The van der Waals surface area contributed by atoms with E-state index in [1.165, 1.54) is 0 Å². The number of nitrogens with one attached hydrogen (secondary N) is 2. The largest absolute Gasteiger partial charge is 0.492 e. The van der Waals surface area contributed by atoms with Crippen LogP contribution in [0.3, 0.4) is 0 Å². The van der Waals surface area contributed by atoms with Crippen LogP contribution in [-0.2, 0) is 11.2 Å². The van der Waals surface area contributed by atoms with Crippen molar-refractivity contribution < 1.29 is 19.1 Å². The van der Waals surface area contributed by atoms with E-state index in [0.29, 0.717) is 46.7 Å². The van der Waals surface area contributed by atoms with Gasteiger partial charge in [0.15, 0.2) is 0 Å². The van der Waals surface area contributed by atoms with E-state index in [4.69, 9.17) is 21.1 Å². The Morgan fingerprint density at radius 3 is 1.94 bits per heavy atom. The van der Waals surface area contributed by atoms with Crippen molar-refractivity contribution in [2.75, 3.05) is 23.8 Å². The molecule has 0 aromatic heterocycles. The first kappa shape index (κ1) is 23.2. The van der Waals surface area contributed by atoms with E-state index in [9.17, 15) is 9.59 Å². The van der Waals surface area contributed by atoms with E-state index in [1.807, 2.05) is 19.9 Å². The molecule has 0 fully saturated rings. The highest BCUT2D eigenvalue weighted by Gasteiger charge is 2.17. The molecule has 3 rings (SSSR count). The fourth-order valence-electron chi connectivity index (χ4n) is 3.07. The lowest BCUT2D eigenvalue weighted by molar-refractivity contribution is -0.115. The van der Waals surface area contributed by atoms with Gasteiger partial charge in [0.25, 0.3) is 5.91 Å². The molecule has 7 heteroatoms. The van der Waals surface area contributed by atoms with Gasteiger partial charge in [-0.25, -0.2) is 0 Å². The second-order valence-corrected chi connectivity index (χ2v) is 7.32. The maximum absolute atomic E-state index is 12.6. The van der Waals surface area contributed by atoms with E-state index >= 15 is 0 Å². The maximum Gasteiger partial charge on any atom is 0.255 e. The van der Waals surface area contributed by atoms with Crippen molar-refractivity contribution in [1.82, 2.24) is 0 Å². The molecular formula is C25H25ClN2O4. The van der Waals surface area contributed by atoms with Crippen molar-refractivity contribution in [3.05, 3.63) is 82.9 Å². The van der Waals surface area contributed by atoms with Crippen LogP contribution in [0.25, 0.3) is 0 Å². The number of carbonyl (C=O) groups is 2. The Labute approximate surface area is 192 Å². The number of carbonyl (C=O) groups excluding carboxylic acids is 2. The Morgan fingerprint density at radius 2 is 1.38 bits per heavy atom. The quantitative estimate of drug-likeness (QED) is 0.445. The van der Waals surface area contributed by atoms with E-state index in [2.05, 4.69) is 10.6 Å².